The molecule has 0 aliphatic rings. The molecule has 2 rings (SSSR count). The molecule has 0 bridgehead atoms. The lowest BCUT2D eigenvalue weighted by Crippen LogP contribution is -2.23. The third kappa shape index (κ3) is 3.08. The Hall–Kier alpha value is -1.40. The molecule has 2 N–H and O–H groups in total. The maximum atomic E-state index is 5.87. The molecule has 0 radical (unpaired) electrons. The van der Waals surface area contributed by atoms with Crippen LogP contribution in [0.1, 0.15) is 13.3 Å². The van der Waals surface area contributed by atoms with Crippen LogP contribution in [0.2, 0.25) is 5.28 Å². The molecule has 2 heterocycles. The van der Waals surface area contributed by atoms with E-state index in [0.717, 1.165) is 18.5 Å². The molecule has 2 aromatic rings. The van der Waals surface area contributed by atoms with Crippen LogP contribution in [0, 0.1) is 0 Å². The van der Waals surface area contributed by atoms with Gasteiger partial charge in [-0.2, -0.15) is 9.97 Å². The monoisotopic (exact) mass is 268 g/mol. The Kier molecular flexibility index (Phi) is 3.98. The Labute approximate surface area is 111 Å². The van der Waals surface area contributed by atoms with Gasteiger partial charge in [0.15, 0.2) is 11.5 Å². The maximum Gasteiger partial charge on any atom is 0.226 e. The predicted octanol–water partition coefficient (Wildman–Crippen LogP) is 1.76. The molecule has 0 fully saturated rings. The van der Waals surface area contributed by atoms with Crippen LogP contribution < -0.4 is 5.32 Å². The summed E-state index contributed by atoms with van der Waals surface area (Å²) in [4.78, 5) is 17.5. The Morgan fingerprint density at radius 3 is 2.94 bits per heavy atom. The smallest absolute Gasteiger partial charge is 0.226 e. The number of fused-ring (bicyclic) bond motifs is 1. The minimum Gasteiger partial charge on any atom is -0.366 e. The standard InChI is InChI=1S/C11H17ClN6/c1-7(4-5-18(2)3)15-10-8-9(14-6-13-8)16-11(12)17-10/h6-7H,4-5H2,1-3H3,(H2,13,14,15,16,17). The summed E-state index contributed by atoms with van der Waals surface area (Å²) in [5, 5.41) is 3.54. The van der Waals surface area contributed by atoms with Crippen molar-refractivity contribution in [1.29, 1.82) is 0 Å². The van der Waals surface area contributed by atoms with Crippen molar-refractivity contribution in [3.8, 4) is 0 Å². The van der Waals surface area contributed by atoms with Gasteiger partial charge in [-0.3, -0.25) is 0 Å². The molecule has 0 aromatic carbocycles. The first kappa shape index (κ1) is 13.0. The van der Waals surface area contributed by atoms with Gasteiger partial charge in [-0.05, 0) is 45.6 Å². The number of imidazole rings is 1. The maximum absolute atomic E-state index is 5.87. The Balaban J connectivity index is 2.13. The molecule has 0 saturated carbocycles. The lowest BCUT2D eigenvalue weighted by molar-refractivity contribution is 0.390. The molecule has 0 amide bonds. The molecule has 0 spiro atoms. The zero-order valence-corrected chi connectivity index (χ0v) is 11.5. The fraction of sp³-hybridized carbons (Fsp3) is 0.545. The second-order valence-corrected chi connectivity index (χ2v) is 4.92. The number of H-pyrrole nitrogens is 1. The van der Waals surface area contributed by atoms with Gasteiger partial charge in [0.05, 0.1) is 6.33 Å². The zero-order valence-electron chi connectivity index (χ0n) is 10.7. The van der Waals surface area contributed by atoms with E-state index in [1.165, 1.54) is 0 Å². The summed E-state index contributed by atoms with van der Waals surface area (Å²) in [5.41, 5.74) is 1.37. The van der Waals surface area contributed by atoms with Crippen molar-refractivity contribution in [2.24, 2.45) is 0 Å². The Morgan fingerprint density at radius 2 is 2.22 bits per heavy atom. The lowest BCUT2D eigenvalue weighted by Gasteiger charge is -2.17. The highest BCUT2D eigenvalue weighted by molar-refractivity contribution is 6.28. The number of hydrogen-bond donors (Lipinski definition) is 2. The number of hydrogen-bond acceptors (Lipinski definition) is 5. The van der Waals surface area contributed by atoms with Gasteiger partial charge in [0.1, 0.15) is 5.52 Å². The topological polar surface area (TPSA) is 69.7 Å². The molecule has 98 valence electrons. The van der Waals surface area contributed by atoms with Crippen LogP contribution in [-0.2, 0) is 0 Å². The third-order valence-electron chi connectivity index (χ3n) is 2.65. The molecule has 18 heavy (non-hydrogen) atoms. The largest absolute Gasteiger partial charge is 0.366 e. The van der Waals surface area contributed by atoms with Crippen LogP contribution in [-0.4, -0.2) is 51.5 Å². The molecular weight excluding hydrogens is 252 g/mol. The minimum absolute atomic E-state index is 0.205. The predicted molar refractivity (Wildman–Crippen MR) is 72.9 cm³/mol. The second kappa shape index (κ2) is 5.49. The minimum atomic E-state index is 0.205. The summed E-state index contributed by atoms with van der Waals surface area (Å²) in [5.74, 6) is 0.703. The van der Waals surface area contributed by atoms with Crippen molar-refractivity contribution in [1.82, 2.24) is 24.8 Å². The molecule has 7 heteroatoms. The molecule has 0 aliphatic heterocycles. The van der Waals surface area contributed by atoms with Crippen LogP contribution in [0.3, 0.4) is 0 Å². The third-order valence-corrected chi connectivity index (χ3v) is 2.82. The fourth-order valence-electron chi connectivity index (χ4n) is 1.67. The molecule has 0 aliphatic carbocycles. The van der Waals surface area contributed by atoms with Crippen LogP contribution >= 0.6 is 11.6 Å². The quantitative estimate of drug-likeness (QED) is 0.809. The Bertz CT molecular complexity index is 523. The first-order valence-electron chi connectivity index (χ1n) is 5.84. The number of anilines is 1. The molecule has 6 nitrogen and oxygen atoms in total. The van der Waals surface area contributed by atoms with Crippen molar-refractivity contribution in [3.05, 3.63) is 11.6 Å². The van der Waals surface area contributed by atoms with Gasteiger partial charge in [0.25, 0.3) is 0 Å². The van der Waals surface area contributed by atoms with Gasteiger partial charge in [-0.25, -0.2) is 4.98 Å². The zero-order chi connectivity index (χ0) is 13.1. The normalized spacial score (nSPS) is 13.2. The number of nitrogens with zero attached hydrogens (tertiary/aromatic N) is 4. The number of aromatic amines is 1. The van der Waals surface area contributed by atoms with E-state index in [0.29, 0.717) is 17.5 Å². The van der Waals surface area contributed by atoms with Gasteiger partial charge >= 0.3 is 0 Å². The van der Waals surface area contributed by atoms with Crippen molar-refractivity contribution >= 4 is 28.6 Å². The van der Waals surface area contributed by atoms with E-state index in [1.54, 1.807) is 6.33 Å². The first-order valence-corrected chi connectivity index (χ1v) is 6.22. The number of aromatic nitrogens is 4. The van der Waals surface area contributed by atoms with E-state index in [9.17, 15) is 0 Å². The average molecular weight is 269 g/mol. The van der Waals surface area contributed by atoms with Crippen LogP contribution in [0.15, 0.2) is 6.33 Å². The molecular formula is C11H17ClN6. The molecule has 0 saturated heterocycles. The summed E-state index contributed by atoms with van der Waals surface area (Å²) in [6.07, 6.45) is 2.61. The summed E-state index contributed by atoms with van der Waals surface area (Å²) in [6, 6.07) is 0.296. The number of halogens is 1. The van der Waals surface area contributed by atoms with Crippen molar-refractivity contribution in [3.63, 3.8) is 0 Å². The lowest BCUT2D eigenvalue weighted by atomic mass is 10.2. The average Bonchev–Trinajstić information content (AvgIpc) is 2.74. The van der Waals surface area contributed by atoms with Gasteiger partial charge in [-0.1, -0.05) is 0 Å². The summed E-state index contributed by atoms with van der Waals surface area (Å²) < 4.78 is 0. The van der Waals surface area contributed by atoms with E-state index in [2.05, 4.69) is 51.2 Å². The van der Waals surface area contributed by atoms with E-state index >= 15 is 0 Å². The summed E-state index contributed by atoms with van der Waals surface area (Å²) in [7, 11) is 4.11. The fourth-order valence-corrected chi connectivity index (χ4v) is 1.83. The van der Waals surface area contributed by atoms with E-state index in [-0.39, 0.29) is 5.28 Å². The van der Waals surface area contributed by atoms with Crippen LogP contribution in [0.4, 0.5) is 5.82 Å². The van der Waals surface area contributed by atoms with Gasteiger partial charge < -0.3 is 15.2 Å². The molecule has 2 aromatic heterocycles. The van der Waals surface area contributed by atoms with Gasteiger partial charge in [0, 0.05) is 6.04 Å². The van der Waals surface area contributed by atoms with Crippen molar-refractivity contribution in [2.75, 3.05) is 26.0 Å². The van der Waals surface area contributed by atoms with Crippen LogP contribution in [0.25, 0.3) is 11.2 Å². The molecule has 1 atom stereocenters. The second-order valence-electron chi connectivity index (χ2n) is 4.58. The highest BCUT2D eigenvalue weighted by atomic mass is 35.5. The van der Waals surface area contributed by atoms with E-state index in [4.69, 9.17) is 11.6 Å². The summed E-state index contributed by atoms with van der Waals surface area (Å²) in [6.45, 7) is 3.13. The highest BCUT2D eigenvalue weighted by Gasteiger charge is 2.11. The van der Waals surface area contributed by atoms with Gasteiger partial charge in [0.2, 0.25) is 5.28 Å². The van der Waals surface area contributed by atoms with Crippen molar-refractivity contribution in [2.45, 2.75) is 19.4 Å². The highest BCUT2D eigenvalue weighted by Crippen LogP contribution is 2.19. The first-order chi connectivity index (χ1) is 8.56. The Morgan fingerprint density at radius 1 is 1.44 bits per heavy atom. The number of rotatable bonds is 5. The summed E-state index contributed by atoms with van der Waals surface area (Å²) >= 11 is 5.87. The SMILES string of the molecule is CC(CCN(C)C)Nc1nc(Cl)nc2nc[nH]c12. The van der Waals surface area contributed by atoms with Crippen LogP contribution in [0.5, 0.6) is 0 Å². The van der Waals surface area contributed by atoms with E-state index < -0.39 is 0 Å². The van der Waals surface area contributed by atoms with Crippen molar-refractivity contribution < 1.29 is 0 Å². The number of nitrogens with one attached hydrogen (secondary N) is 2. The van der Waals surface area contributed by atoms with Gasteiger partial charge in [-0.15, -0.1) is 0 Å². The van der Waals surface area contributed by atoms with E-state index in [1.807, 2.05) is 0 Å². The molecule has 1 unspecified atom stereocenters.